The minimum Gasteiger partial charge on any atom is -0.508 e. The van der Waals surface area contributed by atoms with Crippen LogP contribution in [0.1, 0.15) is 26.7 Å². The maximum Gasteiger partial charge on any atom is 0.360 e. The molecule has 0 fully saturated rings. The minimum absolute atomic E-state index is 0.168. The summed E-state index contributed by atoms with van der Waals surface area (Å²) in [6.07, 6.45) is 1.29. The number of oxime groups is 1. The Morgan fingerprint density at radius 3 is 2.36 bits per heavy atom. The van der Waals surface area contributed by atoms with Gasteiger partial charge in [-0.05, 0) is 62.1 Å². The first-order valence-electron chi connectivity index (χ1n) is 7.94. The number of benzene rings is 1. The fraction of sp³-hybridized carbons (Fsp3) is 0.368. The molecule has 1 aromatic carbocycles. The molecule has 0 heterocycles. The van der Waals surface area contributed by atoms with Crippen molar-refractivity contribution < 1.29 is 24.2 Å². The Labute approximate surface area is 147 Å². The molecule has 1 aliphatic rings. The molecule has 6 heteroatoms. The number of aromatic hydroxyl groups is 1. The number of rotatable bonds is 6. The number of carbonyl (C=O) groups is 1. The first-order chi connectivity index (χ1) is 12.0. The predicted octanol–water partition coefficient (Wildman–Crippen LogP) is 3.37. The van der Waals surface area contributed by atoms with Crippen LogP contribution in [0.5, 0.6) is 11.5 Å². The minimum atomic E-state index is -0.536. The lowest BCUT2D eigenvalue weighted by Gasteiger charge is -2.23. The third-order valence-corrected chi connectivity index (χ3v) is 4.17. The van der Waals surface area contributed by atoms with Crippen LogP contribution >= 0.6 is 0 Å². The van der Waals surface area contributed by atoms with Gasteiger partial charge in [-0.15, -0.1) is 0 Å². The molecule has 25 heavy (non-hydrogen) atoms. The summed E-state index contributed by atoms with van der Waals surface area (Å²) in [6, 6.07) is 6.51. The molecular weight excluding hydrogens is 322 g/mol. The molecule has 1 aliphatic carbocycles. The van der Waals surface area contributed by atoms with Gasteiger partial charge in [0.25, 0.3) is 0 Å². The van der Waals surface area contributed by atoms with E-state index in [2.05, 4.69) is 12.1 Å². The van der Waals surface area contributed by atoms with E-state index in [1.165, 1.54) is 25.4 Å². The Bertz CT molecular complexity index is 729. The lowest BCUT2D eigenvalue weighted by molar-refractivity contribution is -0.132. The van der Waals surface area contributed by atoms with Crippen LogP contribution in [0.2, 0.25) is 0 Å². The number of ether oxygens (including phenoxy) is 2. The number of hydrogen-bond donors (Lipinski definition) is 1. The van der Waals surface area contributed by atoms with Crippen LogP contribution in [-0.2, 0) is 14.4 Å². The van der Waals surface area contributed by atoms with E-state index in [0.717, 1.165) is 11.1 Å². The van der Waals surface area contributed by atoms with E-state index in [4.69, 9.17) is 14.3 Å². The van der Waals surface area contributed by atoms with Crippen LogP contribution in [0.4, 0.5) is 0 Å². The Balaban J connectivity index is 2.30. The molecule has 134 valence electrons. The lowest BCUT2D eigenvalue weighted by atomic mass is 9.85. The van der Waals surface area contributed by atoms with Gasteiger partial charge in [-0.3, -0.25) is 0 Å². The Hall–Kier alpha value is -2.76. The van der Waals surface area contributed by atoms with Crippen molar-refractivity contribution in [1.29, 1.82) is 0 Å². The zero-order valence-electron chi connectivity index (χ0n) is 15.0. The SMILES string of the molecule is CO/N=C(\C(=O)OC)C1=C(COc2ccc(O)cc2)CC(C)=C(C)C1. The van der Waals surface area contributed by atoms with Crippen LogP contribution in [0, 0.1) is 0 Å². The number of methoxy groups -OCH3 is 1. The Morgan fingerprint density at radius 1 is 1.12 bits per heavy atom. The smallest absolute Gasteiger partial charge is 0.360 e. The molecular formula is C19H23NO5. The number of phenols is 1. The second kappa shape index (κ2) is 8.37. The van der Waals surface area contributed by atoms with Crippen molar-refractivity contribution in [1.82, 2.24) is 0 Å². The van der Waals surface area contributed by atoms with Gasteiger partial charge >= 0.3 is 5.97 Å². The summed E-state index contributed by atoms with van der Waals surface area (Å²) in [5.41, 5.74) is 4.33. The van der Waals surface area contributed by atoms with Gasteiger partial charge in [-0.2, -0.15) is 0 Å². The predicted molar refractivity (Wildman–Crippen MR) is 94.7 cm³/mol. The van der Waals surface area contributed by atoms with Gasteiger partial charge in [-0.1, -0.05) is 16.3 Å². The number of hydrogen-bond acceptors (Lipinski definition) is 6. The fourth-order valence-corrected chi connectivity index (χ4v) is 2.62. The molecule has 0 radical (unpaired) electrons. The van der Waals surface area contributed by atoms with Gasteiger partial charge in [0.05, 0.1) is 7.11 Å². The van der Waals surface area contributed by atoms with E-state index < -0.39 is 5.97 Å². The summed E-state index contributed by atoms with van der Waals surface area (Å²) >= 11 is 0. The third kappa shape index (κ3) is 4.62. The Kier molecular flexibility index (Phi) is 6.22. The topological polar surface area (TPSA) is 77.4 Å². The van der Waals surface area contributed by atoms with E-state index in [0.29, 0.717) is 25.2 Å². The standard InChI is InChI=1S/C19H23NO5/c1-12-9-14(11-25-16-7-5-15(21)6-8-16)17(10-13(12)2)18(20-24-4)19(22)23-3/h5-8,21H,9-11H2,1-4H3/b20-18-. The van der Waals surface area contributed by atoms with Gasteiger partial charge in [0.2, 0.25) is 0 Å². The highest BCUT2D eigenvalue weighted by molar-refractivity contribution is 6.43. The number of carbonyl (C=O) groups excluding carboxylic acids is 1. The zero-order valence-corrected chi connectivity index (χ0v) is 15.0. The maximum atomic E-state index is 12.1. The lowest BCUT2D eigenvalue weighted by Crippen LogP contribution is -2.24. The number of allylic oxidation sites excluding steroid dienone is 2. The van der Waals surface area contributed by atoms with Crippen molar-refractivity contribution in [2.45, 2.75) is 26.7 Å². The van der Waals surface area contributed by atoms with Crippen LogP contribution in [0.15, 0.2) is 51.7 Å². The molecule has 0 unspecified atom stereocenters. The average Bonchev–Trinajstić information content (AvgIpc) is 2.61. The van der Waals surface area contributed by atoms with Gasteiger partial charge in [0.15, 0.2) is 5.71 Å². The van der Waals surface area contributed by atoms with Crippen LogP contribution in [-0.4, -0.2) is 37.6 Å². The van der Waals surface area contributed by atoms with Gasteiger partial charge < -0.3 is 19.4 Å². The van der Waals surface area contributed by atoms with Crippen LogP contribution in [0.3, 0.4) is 0 Å². The molecule has 0 aliphatic heterocycles. The molecule has 0 saturated heterocycles. The molecule has 0 bridgehead atoms. The highest BCUT2D eigenvalue weighted by atomic mass is 16.6. The highest BCUT2D eigenvalue weighted by Crippen LogP contribution is 2.31. The van der Waals surface area contributed by atoms with Crippen molar-refractivity contribution in [2.75, 3.05) is 20.8 Å². The Morgan fingerprint density at radius 2 is 1.76 bits per heavy atom. The number of esters is 1. The van der Waals surface area contributed by atoms with E-state index in [9.17, 15) is 9.90 Å². The second-order valence-corrected chi connectivity index (χ2v) is 5.89. The third-order valence-electron chi connectivity index (χ3n) is 4.17. The van der Waals surface area contributed by atoms with E-state index in [1.807, 2.05) is 6.92 Å². The van der Waals surface area contributed by atoms with E-state index in [-0.39, 0.29) is 11.5 Å². The van der Waals surface area contributed by atoms with Crippen LogP contribution < -0.4 is 4.74 Å². The number of phenolic OH excluding ortho intramolecular Hbond substituents is 1. The highest BCUT2D eigenvalue weighted by Gasteiger charge is 2.26. The molecule has 1 N–H and O–H groups in total. The van der Waals surface area contributed by atoms with Gasteiger partial charge in [-0.25, -0.2) is 4.79 Å². The molecule has 0 spiro atoms. The summed E-state index contributed by atoms with van der Waals surface area (Å²) in [5, 5.41) is 13.2. The van der Waals surface area contributed by atoms with Crippen molar-refractivity contribution in [3.05, 3.63) is 46.6 Å². The van der Waals surface area contributed by atoms with Crippen molar-refractivity contribution in [3.63, 3.8) is 0 Å². The fourth-order valence-electron chi connectivity index (χ4n) is 2.62. The maximum absolute atomic E-state index is 12.1. The summed E-state index contributed by atoms with van der Waals surface area (Å²) in [4.78, 5) is 16.9. The number of nitrogens with zero attached hydrogens (tertiary/aromatic N) is 1. The summed E-state index contributed by atoms with van der Waals surface area (Å²) in [6.45, 7) is 4.41. The second-order valence-electron chi connectivity index (χ2n) is 5.89. The van der Waals surface area contributed by atoms with Gasteiger partial charge in [0, 0.05) is 0 Å². The zero-order chi connectivity index (χ0) is 18.4. The summed E-state index contributed by atoms with van der Waals surface area (Å²) < 4.78 is 10.7. The first kappa shape index (κ1) is 18.6. The van der Waals surface area contributed by atoms with Crippen molar-refractivity contribution >= 4 is 11.7 Å². The van der Waals surface area contributed by atoms with Crippen molar-refractivity contribution in [3.8, 4) is 11.5 Å². The van der Waals surface area contributed by atoms with E-state index >= 15 is 0 Å². The monoisotopic (exact) mass is 345 g/mol. The van der Waals surface area contributed by atoms with Crippen LogP contribution in [0.25, 0.3) is 0 Å². The van der Waals surface area contributed by atoms with Gasteiger partial charge in [0.1, 0.15) is 25.2 Å². The summed E-state index contributed by atoms with van der Waals surface area (Å²) in [7, 11) is 2.71. The quantitative estimate of drug-likeness (QED) is 0.370. The molecule has 6 nitrogen and oxygen atoms in total. The molecule has 0 aromatic heterocycles. The largest absolute Gasteiger partial charge is 0.508 e. The molecule has 1 aromatic rings. The molecule has 0 atom stereocenters. The molecule has 0 saturated carbocycles. The van der Waals surface area contributed by atoms with Crippen molar-refractivity contribution in [2.24, 2.45) is 5.16 Å². The average molecular weight is 345 g/mol. The normalized spacial score (nSPS) is 15.3. The summed E-state index contributed by atoms with van der Waals surface area (Å²) in [5.74, 6) is 0.280. The first-order valence-corrected chi connectivity index (χ1v) is 7.94. The molecule has 0 amide bonds. The van der Waals surface area contributed by atoms with E-state index in [1.54, 1.807) is 24.3 Å². The molecule has 2 rings (SSSR count).